The molecule has 0 rings (SSSR count). The summed E-state index contributed by atoms with van der Waals surface area (Å²) >= 11 is 0. The Morgan fingerprint density at radius 1 is 0.287 bits per heavy atom. The van der Waals surface area contributed by atoms with Crippen LogP contribution in [0.5, 0.6) is 0 Å². The fourth-order valence-corrected chi connectivity index (χ4v) is 12.6. The van der Waals surface area contributed by atoms with E-state index in [9.17, 15) is 43.2 Å². The van der Waals surface area contributed by atoms with Crippen LogP contribution in [0.2, 0.25) is 0 Å². The van der Waals surface area contributed by atoms with Crippen LogP contribution in [0.3, 0.4) is 0 Å². The van der Waals surface area contributed by atoms with Gasteiger partial charge in [-0.15, -0.1) is 0 Å². The molecule has 0 amide bonds. The molecule has 5 atom stereocenters. The number of hydrogen-bond donors (Lipinski definition) is 3. The molecular formula is C75H142O17P2. The number of phosphoric acid groups is 2. The Hall–Kier alpha value is -2.46. The first kappa shape index (κ1) is 91.5. The number of esters is 4. The first-order valence-electron chi connectivity index (χ1n) is 38.6. The maximum atomic E-state index is 13.1. The zero-order valence-electron chi connectivity index (χ0n) is 60.4. The van der Waals surface area contributed by atoms with E-state index in [0.29, 0.717) is 25.7 Å². The van der Waals surface area contributed by atoms with Crippen LogP contribution in [0.25, 0.3) is 0 Å². The van der Waals surface area contributed by atoms with Crippen LogP contribution in [0.4, 0.5) is 0 Å². The minimum atomic E-state index is -4.96. The third kappa shape index (κ3) is 68.1. The number of hydrogen-bond acceptors (Lipinski definition) is 15. The second-order valence-corrected chi connectivity index (χ2v) is 29.2. The molecule has 0 aromatic rings. The zero-order chi connectivity index (χ0) is 69.0. The molecule has 2 unspecified atom stereocenters. The SMILES string of the molecule is CCCCCC/C=C\CCCCCCCC(=O)OC[C@H](COP(=O)(O)OC[C@@H](O)COP(=O)(O)OC[C@@H](COC(=O)CCCCCCCCCCCCCCCCC)OC(=O)CCCCCCC/C=C\CCCCCC)OC(=O)CCCCCCCCCCCCCCC. The summed E-state index contributed by atoms with van der Waals surface area (Å²) < 4.78 is 68.5. The Balaban J connectivity index is 5.28. The van der Waals surface area contributed by atoms with E-state index in [1.54, 1.807) is 0 Å². The van der Waals surface area contributed by atoms with Gasteiger partial charge in [-0.05, 0) is 77.0 Å². The van der Waals surface area contributed by atoms with Gasteiger partial charge in [-0.2, -0.15) is 0 Å². The van der Waals surface area contributed by atoms with Crippen LogP contribution in [-0.4, -0.2) is 96.7 Å². The van der Waals surface area contributed by atoms with E-state index in [-0.39, 0.29) is 25.7 Å². The summed E-state index contributed by atoms with van der Waals surface area (Å²) in [5.74, 6) is -2.15. The third-order valence-electron chi connectivity index (χ3n) is 16.9. The minimum Gasteiger partial charge on any atom is -0.462 e. The van der Waals surface area contributed by atoms with Gasteiger partial charge in [0.05, 0.1) is 26.4 Å². The van der Waals surface area contributed by atoms with E-state index in [0.717, 1.165) is 122 Å². The Kier molecular flexibility index (Phi) is 67.2. The van der Waals surface area contributed by atoms with Gasteiger partial charge in [-0.25, -0.2) is 9.13 Å². The first-order valence-corrected chi connectivity index (χ1v) is 41.6. The average Bonchev–Trinajstić information content (AvgIpc) is 2.45. The summed E-state index contributed by atoms with van der Waals surface area (Å²) in [7, 11) is -9.92. The van der Waals surface area contributed by atoms with Crippen LogP contribution in [0.1, 0.15) is 374 Å². The number of aliphatic hydroxyl groups excluding tert-OH is 1. The first-order chi connectivity index (χ1) is 45.7. The van der Waals surface area contributed by atoms with Gasteiger partial charge in [0.2, 0.25) is 0 Å². The molecule has 0 radical (unpaired) electrons. The summed E-state index contributed by atoms with van der Waals surface area (Å²) in [6, 6.07) is 0. The molecule has 0 saturated heterocycles. The van der Waals surface area contributed by atoms with Gasteiger partial charge < -0.3 is 33.8 Å². The van der Waals surface area contributed by atoms with Crippen LogP contribution < -0.4 is 0 Å². The van der Waals surface area contributed by atoms with Crippen molar-refractivity contribution in [2.45, 2.75) is 393 Å². The van der Waals surface area contributed by atoms with Crippen molar-refractivity contribution >= 4 is 39.5 Å². The van der Waals surface area contributed by atoms with Crippen molar-refractivity contribution in [2.75, 3.05) is 39.6 Å². The molecule has 0 aliphatic rings. The Morgan fingerprint density at radius 3 is 0.745 bits per heavy atom. The Morgan fingerprint density at radius 2 is 0.489 bits per heavy atom. The highest BCUT2D eigenvalue weighted by Crippen LogP contribution is 2.45. The molecule has 554 valence electrons. The van der Waals surface area contributed by atoms with E-state index in [1.807, 2.05) is 0 Å². The summed E-state index contributed by atoms with van der Waals surface area (Å²) in [4.78, 5) is 72.8. The van der Waals surface area contributed by atoms with Gasteiger partial charge in [-0.3, -0.25) is 37.3 Å². The number of ether oxygens (including phenoxy) is 4. The van der Waals surface area contributed by atoms with Crippen LogP contribution in [0, 0.1) is 0 Å². The molecule has 0 saturated carbocycles. The Bertz CT molecular complexity index is 1880. The molecule has 3 N–H and O–H groups in total. The van der Waals surface area contributed by atoms with Gasteiger partial charge >= 0.3 is 39.5 Å². The van der Waals surface area contributed by atoms with Crippen LogP contribution in [0.15, 0.2) is 24.3 Å². The van der Waals surface area contributed by atoms with E-state index < -0.39 is 97.5 Å². The molecule has 94 heavy (non-hydrogen) atoms. The largest absolute Gasteiger partial charge is 0.472 e. The van der Waals surface area contributed by atoms with Crippen molar-refractivity contribution in [2.24, 2.45) is 0 Å². The number of unbranched alkanes of at least 4 members (excludes halogenated alkanes) is 44. The number of allylic oxidation sites excluding steroid dienone is 4. The smallest absolute Gasteiger partial charge is 0.462 e. The summed E-state index contributed by atoms with van der Waals surface area (Å²) in [5, 5.41) is 10.6. The standard InChI is InChI=1S/C75H142O17P2/c1-5-9-13-17-21-25-29-33-34-38-40-44-48-52-56-60-73(78)86-66-71(92-75(80)62-58-54-50-46-42-37-32-28-24-20-16-12-8-4)68-90-94(83,84)88-64-69(76)63-87-93(81,82)89-67-70(91-74(79)61-57-53-49-45-41-36-31-27-23-19-15-11-7-3)65-85-72(77)59-55-51-47-43-39-35-30-26-22-18-14-10-6-2/h26,28,30,32,69-71,76H,5-25,27,29,31,33-68H2,1-4H3,(H,81,82)(H,83,84)/b30-26-,32-28-/t69-,70-,71-/m1/s1. The fraction of sp³-hybridized carbons (Fsp3) is 0.893. The highest BCUT2D eigenvalue weighted by Gasteiger charge is 2.30. The molecule has 19 heteroatoms. The number of carbonyl (C=O) groups excluding carboxylic acids is 4. The molecule has 0 aliphatic heterocycles. The minimum absolute atomic E-state index is 0.0934. The van der Waals surface area contributed by atoms with Crippen molar-refractivity contribution in [1.82, 2.24) is 0 Å². The lowest BCUT2D eigenvalue weighted by Gasteiger charge is -2.21. The molecule has 0 aromatic heterocycles. The summed E-state index contributed by atoms with van der Waals surface area (Å²) in [6.07, 6.45) is 61.6. The fourth-order valence-electron chi connectivity index (χ4n) is 11.0. The summed E-state index contributed by atoms with van der Waals surface area (Å²) in [5.41, 5.74) is 0. The highest BCUT2D eigenvalue weighted by molar-refractivity contribution is 7.47. The average molecular weight is 1380 g/mol. The number of phosphoric ester groups is 2. The monoisotopic (exact) mass is 1380 g/mol. The normalized spacial score (nSPS) is 14.1. The van der Waals surface area contributed by atoms with Crippen molar-refractivity contribution in [1.29, 1.82) is 0 Å². The Labute approximate surface area is 573 Å². The van der Waals surface area contributed by atoms with E-state index in [4.69, 9.17) is 37.0 Å². The van der Waals surface area contributed by atoms with Crippen molar-refractivity contribution < 1.29 is 80.2 Å². The van der Waals surface area contributed by atoms with Crippen LogP contribution >= 0.6 is 15.6 Å². The third-order valence-corrected chi connectivity index (χ3v) is 18.8. The van der Waals surface area contributed by atoms with Crippen molar-refractivity contribution in [3.8, 4) is 0 Å². The molecule has 0 aliphatic carbocycles. The molecule has 0 bridgehead atoms. The second kappa shape index (κ2) is 69.0. The predicted molar refractivity (Wildman–Crippen MR) is 381 cm³/mol. The number of aliphatic hydroxyl groups is 1. The van der Waals surface area contributed by atoms with Crippen LogP contribution in [-0.2, 0) is 65.4 Å². The quantitative estimate of drug-likeness (QED) is 0.0169. The maximum Gasteiger partial charge on any atom is 0.472 e. The highest BCUT2D eigenvalue weighted by atomic mass is 31.2. The lowest BCUT2D eigenvalue weighted by Crippen LogP contribution is -2.30. The lowest BCUT2D eigenvalue weighted by atomic mass is 10.0. The lowest BCUT2D eigenvalue weighted by molar-refractivity contribution is -0.161. The van der Waals surface area contributed by atoms with E-state index >= 15 is 0 Å². The topological polar surface area (TPSA) is 237 Å². The molecule has 0 heterocycles. The van der Waals surface area contributed by atoms with Gasteiger partial charge in [0.25, 0.3) is 0 Å². The zero-order valence-corrected chi connectivity index (χ0v) is 62.2. The molecule has 17 nitrogen and oxygen atoms in total. The second-order valence-electron chi connectivity index (χ2n) is 26.3. The van der Waals surface area contributed by atoms with Crippen molar-refractivity contribution in [3.63, 3.8) is 0 Å². The maximum absolute atomic E-state index is 13.1. The summed E-state index contributed by atoms with van der Waals surface area (Å²) in [6.45, 7) is 4.91. The molecule has 0 fully saturated rings. The number of carbonyl (C=O) groups is 4. The molecule has 0 aromatic carbocycles. The number of rotatable bonds is 74. The van der Waals surface area contributed by atoms with E-state index in [2.05, 4.69) is 52.0 Å². The van der Waals surface area contributed by atoms with Gasteiger partial charge in [0.1, 0.15) is 19.3 Å². The van der Waals surface area contributed by atoms with Gasteiger partial charge in [0, 0.05) is 25.7 Å². The van der Waals surface area contributed by atoms with E-state index in [1.165, 1.54) is 173 Å². The molecule has 0 spiro atoms. The predicted octanol–water partition coefficient (Wildman–Crippen LogP) is 21.8. The van der Waals surface area contributed by atoms with Crippen molar-refractivity contribution in [3.05, 3.63) is 24.3 Å². The molecular weight excluding hydrogens is 1230 g/mol. The van der Waals surface area contributed by atoms with Gasteiger partial charge in [0.15, 0.2) is 12.2 Å². The van der Waals surface area contributed by atoms with Gasteiger partial charge in [-0.1, -0.05) is 296 Å².